The quantitative estimate of drug-likeness (QED) is 0.217. The Bertz CT molecular complexity index is 1070. The van der Waals surface area contributed by atoms with Crippen LogP contribution in [0.25, 0.3) is 0 Å². The fourth-order valence-electron chi connectivity index (χ4n) is 3.24. The van der Waals surface area contributed by atoms with E-state index >= 15 is 0 Å². The van der Waals surface area contributed by atoms with Gasteiger partial charge in [-0.05, 0) is 48.9 Å². The van der Waals surface area contributed by atoms with Crippen LogP contribution in [0.5, 0.6) is 0 Å². The molecule has 0 aromatic heterocycles. The summed E-state index contributed by atoms with van der Waals surface area (Å²) in [7, 11) is 2.68. The van der Waals surface area contributed by atoms with Gasteiger partial charge in [-0.3, -0.25) is 14.4 Å². The highest BCUT2D eigenvalue weighted by Crippen LogP contribution is 2.19. The van der Waals surface area contributed by atoms with Crippen molar-refractivity contribution < 1.29 is 34.4 Å². The summed E-state index contributed by atoms with van der Waals surface area (Å²) in [6.45, 7) is 0.547. The number of carbonyl (C=O) groups excluding carboxylic acids is 3. The number of ether oxygens (including phenoxy) is 1. The second-order valence-electron chi connectivity index (χ2n) is 7.86. The number of likely N-dealkylation sites (N-methyl/N-ethyl adjacent to an activating group) is 2. The summed E-state index contributed by atoms with van der Waals surface area (Å²) in [5.74, 6) is 3.93. The maximum atomic E-state index is 12.9. The Labute approximate surface area is 204 Å². The average Bonchev–Trinajstić information content (AvgIpc) is 2.90. The molecule has 0 saturated carbocycles. The largest absolute Gasteiger partial charge is 0.394 e. The monoisotopic (exact) mass is 482 g/mol. The number of amides is 2. The van der Waals surface area contributed by atoms with Crippen molar-refractivity contribution in [2.75, 3.05) is 40.5 Å². The Balaban J connectivity index is 2.12. The summed E-state index contributed by atoms with van der Waals surface area (Å²) >= 11 is 0. The molecular weight excluding hydrogens is 452 g/mol. The van der Waals surface area contributed by atoms with Gasteiger partial charge >= 0.3 is 0 Å². The first-order valence-corrected chi connectivity index (χ1v) is 10.9. The molecular formula is C26H30N2O7. The maximum absolute atomic E-state index is 12.9. The molecule has 2 aromatic rings. The van der Waals surface area contributed by atoms with Gasteiger partial charge in [-0.1, -0.05) is 24.0 Å². The topological polar surface area (TPSA) is 136 Å². The highest BCUT2D eigenvalue weighted by molar-refractivity contribution is 6.14. The van der Waals surface area contributed by atoms with E-state index in [0.29, 0.717) is 11.1 Å². The number of rotatable bonds is 10. The Kier molecular flexibility index (Phi) is 10.1. The standard InChI is InChI=1S/C26H30N2O7/c1-26(23(32)16-30,25(34)27-2)28(3)24(33)21-12-8-19(9-13-21)5-4-18-6-10-20(11-7-18)22(31)17-35-15-14-29/h6-13,22,29-31H,14-17H2,1-3H3,(H,27,34)/t22-,26-/m1/s1. The zero-order valence-electron chi connectivity index (χ0n) is 19.9. The molecule has 2 rings (SSSR count). The molecule has 0 aliphatic heterocycles. The molecule has 0 heterocycles. The van der Waals surface area contributed by atoms with Gasteiger partial charge < -0.3 is 30.3 Å². The summed E-state index contributed by atoms with van der Waals surface area (Å²) < 4.78 is 5.13. The van der Waals surface area contributed by atoms with Crippen LogP contribution in [0.1, 0.15) is 40.1 Å². The number of benzene rings is 2. The van der Waals surface area contributed by atoms with E-state index in [1.54, 1.807) is 48.5 Å². The van der Waals surface area contributed by atoms with Crippen molar-refractivity contribution >= 4 is 17.6 Å². The van der Waals surface area contributed by atoms with E-state index in [4.69, 9.17) is 9.84 Å². The van der Waals surface area contributed by atoms with Crippen LogP contribution in [0.4, 0.5) is 0 Å². The normalized spacial score (nSPS) is 13.1. The number of aliphatic hydroxyl groups is 3. The first-order valence-electron chi connectivity index (χ1n) is 10.9. The van der Waals surface area contributed by atoms with E-state index in [2.05, 4.69) is 17.2 Å². The van der Waals surface area contributed by atoms with Gasteiger partial charge in [-0.25, -0.2) is 0 Å². The fourth-order valence-corrected chi connectivity index (χ4v) is 3.24. The van der Waals surface area contributed by atoms with Crippen molar-refractivity contribution in [3.05, 3.63) is 70.8 Å². The molecule has 0 radical (unpaired) electrons. The third-order valence-corrected chi connectivity index (χ3v) is 5.62. The summed E-state index contributed by atoms with van der Waals surface area (Å²) in [6, 6.07) is 13.4. The number of nitrogens with one attached hydrogen (secondary N) is 1. The molecule has 9 heteroatoms. The van der Waals surface area contributed by atoms with Gasteiger partial charge in [0.25, 0.3) is 11.8 Å². The van der Waals surface area contributed by atoms with Crippen molar-refractivity contribution in [3.63, 3.8) is 0 Å². The molecule has 0 fully saturated rings. The third kappa shape index (κ3) is 6.74. The Morgan fingerprint density at radius 1 is 1.03 bits per heavy atom. The lowest BCUT2D eigenvalue weighted by Gasteiger charge is -2.35. The van der Waals surface area contributed by atoms with Crippen LogP contribution in [0.3, 0.4) is 0 Å². The smallest absolute Gasteiger partial charge is 0.254 e. The van der Waals surface area contributed by atoms with Crippen LogP contribution in [-0.2, 0) is 14.3 Å². The number of hydrogen-bond acceptors (Lipinski definition) is 7. The van der Waals surface area contributed by atoms with Gasteiger partial charge in [0.05, 0.1) is 19.8 Å². The number of aliphatic hydroxyl groups excluding tert-OH is 3. The van der Waals surface area contributed by atoms with E-state index in [0.717, 1.165) is 10.5 Å². The lowest BCUT2D eigenvalue weighted by atomic mass is 9.92. The van der Waals surface area contributed by atoms with Crippen LogP contribution in [0.15, 0.2) is 48.5 Å². The predicted molar refractivity (Wildman–Crippen MR) is 128 cm³/mol. The highest BCUT2D eigenvalue weighted by Gasteiger charge is 2.46. The van der Waals surface area contributed by atoms with Gasteiger partial charge in [-0.15, -0.1) is 0 Å². The molecule has 0 bridgehead atoms. The van der Waals surface area contributed by atoms with Crippen molar-refractivity contribution in [1.29, 1.82) is 0 Å². The molecule has 0 spiro atoms. The number of carbonyl (C=O) groups is 3. The molecule has 0 saturated heterocycles. The van der Waals surface area contributed by atoms with Crippen LogP contribution < -0.4 is 5.32 Å². The summed E-state index contributed by atoms with van der Waals surface area (Å²) in [4.78, 5) is 38.5. The van der Waals surface area contributed by atoms with Gasteiger partial charge in [-0.2, -0.15) is 0 Å². The number of Topliss-reactive ketones (excluding diaryl/α,β-unsaturated/α-hetero) is 1. The number of hydrogen-bond donors (Lipinski definition) is 4. The lowest BCUT2D eigenvalue weighted by molar-refractivity contribution is -0.143. The lowest BCUT2D eigenvalue weighted by Crippen LogP contribution is -2.62. The summed E-state index contributed by atoms with van der Waals surface area (Å²) in [5.41, 5.74) is 0.431. The molecule has 2 amide bonds. The first kappa shape index (κ1) is 27.7. The zero-order chi connectivity index (χ0) is 26.0. The van der Waals surface area contributed by atoms with E-state index in [1.165, 1.54) is 21.0 Å². The second kappa shape index (κ2) is 12.8. The molecule has 0 aliphatic rings. The highest BCUT2D eigenvalue weighted by atomic mass is 16.5. The van der Waals surface area contributed by atoms with Crippen molar-refractivity contribution in [2.24, 2.45) is 0 Å². The SMILES string of the molecule is CNC(=O)[C@@](C)(C(=O)CO)N(C)C(=O)c1ccc(C#Cc2ccc([C@H](O)COCCO)cc2)cc1. The molecule has 186 valence electrons. The minimum Gasteiger partial charge on any atom is -0.394 e. The van der Waals surface area contributed by atoms with E-state index in [-0.39, 0.29) is 25.4 Å². The minimum absolute atomic E-state index is 0.0856. The van der Waals surface area contributed by atoms with Crippen molar-refractivity contribution in [2.45, 2.75) is 18.6 Å². The zero-order valence-corrected chi connectivity index (χ0v) is 19.9. The Morgan fingerprint density at radius 2 is 1.57 bits per heavy atom. The van der Waals surface area contributed by atoms with Gasteiger partial charge in [0, 0.05) is 30.8 Å². The molecule has 4 N–H and O–H groups in total. The van der Waals surface area contributed by atoms with Gasteiger partial charge in [0.1, 0.15) is 12.7 Å². The summed E-state index contributed by atoms with van der Waals surface area (Å²) in [5, 5.41) is 30.4. The Morgan fingerprint density at radius 3 is 2.06 bits per heavy atom. The van der Waals surface area contributed by atoms with E-state index in [9.17, 15) is 24.6 Å². The Hall–Kier alpha value is -3.55. The maximum Gasteiger partial charge on any atom is 0.254 e. The first-order chi connectivity index (χ1) is 16.7. The van der Waals surface area contributed by atoms with Crippen LogP contribution >= 0.6 is 0 Å². The fraction of sp³-hybridized carbons (Fsp3) is 0.346. The third-order valence-electron chi connectivity index (χ3n) is 5.62. The molecule has 0 aliphatic carbocycles. The molecule has 35 heavy (non-hydrogen) atoms. The summed E-state index contributed by atoms with van der Waals surface area (Å²) in [6.07, 6.45) is -0.801. The molecule has 2 aromatic carbocycles. The van der Waals surface area contributed by atoms with E-state index < -0.39 is 35.8 Å². The van der Waals surface area contributed by atoms with Crippen LogP contribution in [0, 0.1) is 11.8 Å². The van der Waals surface area contributed by atoms with Crippen LogP contribution in [0.2, 0.25) is 0 Å². The van der Waals surface area contributed by atoms with Gasteiger partial charge in [0.2, 0.25) is 0 Å². The number of ketones is 1. The predicted octanol–water partition coefficient (Wildman–Crippen LogP) is 0.267. The van der Waals surface area contributed by atoms with Crippen molar-refractivity contribution in [1.82, 2.24) is 10.2 Å². The van der Waals surface area contributed by atoms with Crippen LogP contribution in [-0.4, -0.2) is 83.9 Å². The van der Waals surface area contributed by atoms with Gasteiger partial charge in [0.15, 0.2) is 11.3 Å². The minimum atomic E-state index is -1.86. The molecule has 0 unspecified atom stereocenters. The molecule has 9 nitrogen and oxygen atoms in total. The molecule has 2 atom stereocenters. The average molecular weight is 483 g/mol. The second-order valence-corrected chi connectivity index (χ2v) is 7.86. The van der Waals surface area contributed by atoms with E-state index in [1.807, 2.05) is 0 Å². The van der Waals surface area contributed by atoms with Crippen molar-refractivity contribution in [3.8, 4) is 11.8 Å². The number of nitrogens with zero attached hydrogens (tertiary/aromatic N) is 1.